The summed E-state index contributed by atoms with van der Waals surface area (Å²) in [6, 6.07) is 1.75. The van der Waals surface area contributed by atoms with Crippen molar-refractivity contribution in [2.24, 2.45) is 0 Å². The lowest BCUT2D eigenvalue weighted by Gasteiger charge is -1.96. The minimum Gasteiger partial charge on any atom is -0.298 e. The predicted octanol–water partition coefficient (Wildman–Crippen LogP) is 2.88. The van der Waals surface area contributed by atoms with Gasteiger partial charge in [0.2, 0.25) is 0 Å². The third-order valence-electron chi connectivity index (χ3n) is 1.28. The predicted molar refractivity (Wildman–Crippen MR) is 50.7 cm³/mol. The van der Waals surface area contributed by atoms with Crippen LogP contribution in [0.25, 0.3) is 0 Å². The molecule has 0 atom stereocenters. The normalized spacial score (nSPS) is 8.33. The highest BCUT2D eigenvalue weighted by atomic mass is 35.5. The van der Waals surface area contributed by atoms with E-state index in [4.69, 9.17) is 11.6 Å². The smallest absolute Gasteiger partial charge is 0.153 e. The molecule has 0 saturated carbocycles. The van der Waals surface area contributed by atoms with Crippen molar-refractivity contribution in [2.45, 2.75) is 20.8 Å². The molecule has 0 fully saturated rings. The van der Waals surface area contributed by atoms with Crippen LogP contribution in [0.1, 0.15) is 29.8 Å². The second-order valence-corrected chi connectivity index (χ2v) is 2.31. The Morgan fingerprint density at radius 1 is 1.50 bits per heavy atom. The van der Waals surface area contributed by atoms with Crippen molar-refractivity contribution in [3.05, 3.63) is 28.5 Å². The molecular weight excluding hydrogens is 174 g/mol. The van der Waals surface area contributed by atoms with E-state index in [1.165, 1.54) is 0 Å². The minimum absolute atomic E-state index is 0.273. The molecule has 2 nitrogen and oxygen atoms in total. The van der Waals surface area contributed by atoms with Gasteiger partial charge in [-0.3, -0.25) is 4.79 Å². The molecule has 3 heteroatoms. The number of aldehydes is 1. The van der Waals surface area contributed by atoms with E-state index in [1.807, 2.05) is 20.8 Å². The first kappa shape index (κ1) is 11.1. The number of carbonyl (C=O) groups is 1. The van der Waals surface area contributed by atoms with E-state index in [0.717, 1.165) is 5.56 Å². The van der Waals surface area contributed by atoms with E-state index in [2.05, 4.69) is 4.98 Å². The molecule has 0 unspecified atom stereocenters. The van der Waals surface area contributed by atoms with Crippen molar-refractivity contribution in [2.75, 3.05) is 0 Å². The summed E-state index contributed by atoms with van der Waals surface area (Å²) in [5.74, 6) is 0. The number of halogens is 1. The number of pyridine rings is 1. The number of hydrogen-bond acceptors (Lipinski definition) is 2. The Morgan fingerprint density at radius 3 is 2.42 bits per heavy atom. The molecule has 1 aromatic heterocycles. The Morgan fingerprint density at radius 2 is 2.08 bits per heavy atom. The lowest BCUT2D eigenvalue weighted by Crippen LogP contribution is -1.89. The molecule has 0 radical (unpaired) electrons. The second-order valence-electron chi connectivity index (χ2n) is 1.95. The van der Waals surface area contributed by atoms with Crippen LogP contribution < -0.4 is 0 Å². The number of hydrogen-bond donors (Lipinski definition) is 0. The van der Waals surface area contributed by atoms with Gasteiger partial charge in [-0.2, -0.15) is 0 Å². The van der Waals surface area contributed by atoms with Crippen LogP contribution in [-0.4, -0.2) is 11.3 Å². The van der Waals surface area contributed by atoms with Gasteiger partial charge in [0, 0.05) is 6.20 Å². The average molecular weight is 186 g/mol. The van der Waals surface area contributed by atoms with Crippen LogP contribution in [0.2, 0.25) is 5.15 Å². The monoisotopic (exact) mass is 185 g/mol. The summed E-state index contributed by atoms with van der Waals surface area (Å²) >= 11 is 5.59. The van der Waals surface area contributed by atoms with E-state index in [1.54, 1.807) is 12.3 Å². The molecule has 0 aliphatic rings. The fourth-order valence-corrected chi connectivity index (χ4v) is 0.928. The van der Waals surface area contributed by atoms with Crippen LogP contribution >= 0.6 is 11.6 Å². The Kier molecular flexibility index (Phi) is 5.30. The Hall–Kier alpha value is -0.890. The summed E-state index contributed by atoms with van der Waals surface area (Å²) in [7, 11) is 0. The first-order chi connectivity index (χ1) is 5.75. The quantitative estimate of drug-likeness (QED) is 0.498. The third kappa shape index (κ3) is 2.62. The van der Waals surface area contributed by atoms with Gasteiger partial charge in [0.15, 0.2) is 6.29 Å². The van der Waals surface area contributed by atoms with Crippen molar-refractivity contribution < 1.29 is 4.79 Å². The number of aromatic nitrogens is 1. The van der Waals surface area contributed by atoms with Crippen LogP contribution in [0.15, 0.2) is 12.3 Å². The maximum Gasteiger partial charge on any atom is 0.153 e. The van der Waals surface area contributed by atoms with Crippen molar-refractivity contribution in [3.8, 4) is 0 Å². The zero-order valence-corrected chi connectivity index (χ0v) is 8.22. The van der Waals surface area contributed by atoms with Crippen molar-refractivity contribution >= 4 is 17.9 Å². The number of nitrogens with zero attached hydrogens (tertiary/aromatic N) is 1. The lowest BCUT2D eigenvalue weighted by molar-refractivity contribution is 0.112. The van der Waals surface area contributed by atoms with Gasteiger partial charge in [-0.05, 0) is 18.6 Å². The molecule has 1 rings (SSSR count). The van der Waals surface area contributed by atoms with Gasteiger partial charge in [0.25, 0.3) is 0 Å². The third-order valence-corrected chi connectivity index (χ3v) is 1.58. The Labute approximate surface area is 77.6 Å². The van der Waals surface area contributed by atoms with E-state index in [9.17, 15) is 4.79 Å². The molecule has 12 heavy (non-hydrogen) atoms. The highest BCUT2D eigenvalue weighted by molar-refractivity contribution is 6.31. The summed E-state index contributed by atoms with van der Waals surface area (Å²) in [4.78, 5) is 14.1. The van der Waals surface area contributed by atoms with Gasteiger partial charge < -0.3 is 0 Å². The van der Waals surface area contributed by atoms with Gasteiger partial charge in [-0.25, -0.2) is 4.98 Å². The first-order valence-electron chi connectivity index (χ1n) is 3.82. The SMILES string of the molecule is CC.Cc1ccnc(Cl)c1C=O. The van der Waals surface area contributed by atoms with Crippen LogP contribution in [0.5, 0.6) is 0 Å². The van der Waals surface area contributed by atoms with Gasteiger partial charge in [-0.1, -0.05) is 25.4 Å². The maximum atomic E-state index is 10.3. The number of aryl methyl sites for hydroxylation is 1. The maximum absolute atomic E-state index is 10.3. The van der Waals surface area contributed by atoms with E-state index in [-0.39, 0.29) is 5.15 Å². The molecule has 1 heterocycles. The highest BCUT2D eigenvalue weighted by Gasteiger charge is 2.01. The van der Waals surface area contributed by atoms with Crippen LogP contribution in [0.4, 0.5) is 0 Å². The first-order valence-corrected chi connectivity index (χ1v) is 4.20. The molecule has 0 N–H and O–H groups in total. The summed E-state index contributed by atoms with van der Waals surface area (Å²) < 4.78 is 0. The Balaban J connectivity index is 0.000000561. The summed E-state index contributed by atoms with van der Waals surface area (Å²) in [6.07, 6.45) is 2.29. The summed E-state index contributed by atoms with van der Waals surface area (Å²) in [5, 5.41) is 0.273. The molecule has 1 aromatic rings. The number of carbonyl (C=O) groups excluding carboxylic acids is 1. The van der Waals surface area contributed by atoms with Crippen LogP contribution in [0, 0.1) is 6.92 Å². The topological polar surface area (TPSA) is 30.0 Å². The molecule has 0 aliphatic heterocycles. The standard InChI is InChI=1S/C7H6ClNO.C2H6/c1-5-2-3-9-7(8)6(5)4-10;1-2/h2-4H,1H3;1-2H3. The van der Waals surface area contributed by atoms with Crippen LogP contribution in [0.3, 0.4) is 0 Å². The van der Waals surface area contributed by atoms with E-state index >= 15 is 0 Å². The zero-order chi connectivity index (χ0) is 9.56. The fraction of sp³-hybridized carbons (Fsp3) is 0.333. The summed E-state index contributed by atoms with van der Waals surface area (Å²) in [5.41, 5.74) is 1.33. The molecular formula is C9H12ClNO. The van der Waals surface area contributed by atoms with Crippen LogP contribution in [-0.2, 0) is 0 Å². The van der Waals surface area contributed by atoms with Crippen molar-refractivity contribution in [1.29, 1.82) is 0 Å². The van der Waals surface area contributed by atoms with Gasteiger partial charge >= 0.3 is 0 Å². The van der Waals surface area contributed by atoms with Crippen molar-refractivity contribution in [3.63, 3.8) is 0 Å². The second kappa shape index (κ2) is 5.72. The lowest BCUT2D eigenvalue weighted by atomic mass is 10.2. The van der Waals surface area contributed by atoms with Gasteiger partial charge in [-0.15, -0.1) is 0 Å². The Bertz CT molecular complexity index is 240. The van der Waals surface area contributed by atoms with E-state index < -0.39 is 0 Å². The molecule has 0 aromatic carbocycles. The molecule has 0 saturated heterocycles. The van der Waals surface area contributed by atoms with E-state index in [0.29, 0.717) is 11.8 Å². The largest absolute Gasteiger partial charge is 0.298 e. The molecule has 0 spiro atoms. The highest BCUT2D eigenvalue weighted by Crippen LogP contribution is 2.13. The summed E-state index contributed by atoms with van der Waals surface area (Å²) in [6.45, 7) is 5.82. The molecule has 66 valence electrons. The minimum atomic E-state index is 0.273. The molecule has 0 bridgehead atoms. The number of rotatable bonds is 1. The molecule has 0 aliphatic carbocycles. The van der Waals surface area contributed by atoms with Gasteiger partial charge in [0.05, 0.1) is 5.56 Å². The average Bonchev–Trinajstić information content (AvgIpc) is 2.08. The molecule has 0 amide bonds. The van der Waals surface area contributed by atoms with Crippen molar-refractivity contribution in [1.82, 2.24) is 4.98 Å². The fourth-order valence-electron chi connectivity index (χ4n) is 0.678. The zero-order valence-electron chi connectivity index (χ0n) is 7.47. The van der Waals surface area contributed by atoms with Gasteiger partial charge in [0.1, 0.15) is 5.15 Å².